The van der Waals surface area contributed by atoms with Crippen LogP contribution in [0, 0.1) is 5.41 Å². The molecule has 0 aliphatic heterocycles. The highest BCUT2D eigenvalue weighted by atomic mass is 16.6. The quantitative estimate of drug-likeness (QED) is 0.739. The maximum atomic E-state index is 11.4. The van der Waals surface area contributed by atoms with Gasteiger partial charge in [-0.3, -0.25) is 0 Å². The Labute approximate surface area is 101 Å². The van der Waals surface area contributed by atoms with Crippen molar-refractivity contribution in [2.45, 2.75) is 20.0 Å². The van der Waals surface area contributed by atoms with Crippen molar-refractivity contribution < 1.29 is 24.2 Å². The van der Waals surface area contributed by atoms with Gasteiger partial charge in [0, 0.05) is 19.5 Å². The van der Waals surface area contributed by atoms with Crippen LogP contribution in [0.5, 0.6) is 0 Å². The Balaban J connectivity index is 4.91. The molecule has 1 N–H and O–H groups in total. The first-order chi connectivity index (χ1) is 7.72. The molecule has 1 unspecified atom stereocenters. The molecule has 0 fully saturated rings. The van der Waals surface area contributed by atoms with Gasteiger partial charge in [0.2, 0.25) is 6.10 Å². The molecule has 6 heteroatoms. The lowest BCUT2D eigenvalue weighted by Crippen LogP contribution is -2.41. The molecule has 0 aromatic heterocycles. The van der Waals surface area contributed by atoms with E-state index in [0.717, 1.165) is 0 Å². The molecule has 6 nitrogen and oxygen atoms in total. The van der Waals surface area contributed by atoms with Gasteiger partial charge in [-0.15, -0.1) is 0 Å². The fourth-order valence-electron chi connectivity index (χ4n) is 1.06. The number of carboxylic acids is 1. The summed E-state index contributed by atoms with van der Waals surface area (Å²) in [5.41, 5.74) is -0.868. The molecule has 17 heavy (non-hydrogen) atoms. The van der Waals surface area contributed by atoms with Gasteiger partial charge in [-0.05, 0) is 6.08 Å². The zero-order valence-electron chi connectivity index (χ0n) is 10.8. The van der Waals surface area contributed by atoms with E-state index in [0.29, 0.717) is 0 Å². The van der Waals surface area contributed by atoms with E-state index in [2.05, 4.69) is 0 Å². The van der Waals surface area contributed by atoms with E-state index >= 15 is 0 Å². The van der Waals surface area contributed by atoms with Gasteiger partial charge in [0.15, 0.2) is 0 Å². The Hall–Kier alpha value is -1.72. The second-order valence-electron chi connectivity index (χ2n) is 4.36. The number of carbonyl (C=O) groups excluding carboxylic acids is 1. The number of hydrogen-bond acceptors (Lipinski definition) is 4. The van der Waals surface area contributed by atoms with Crippen molar-refractivity contribution in [2.75, 3.05) is 21.2 Å². The topological polar surface area (TPSA) is 76.1 Å². The Morgan fingerprint density at radius 1 is 1.35 bits per heavy atom. The summed E-state index contributed by atoms with van der Waals surface area (Å²) in [7, 11) is 4.42. The highest BCUT2D eigenvalue weighted by Crippen LogP contribution is 2.26. The molecule has 0 rings (SSSR count). The van der Waals surface area contributed by atoms with Gasteiger partial charge in [0.1, 0.15) is 0 Å². The average Bonchev–Trinajstić information content (AvgIpc) is 2.21. The largest absolute Gasteiger partial charge is 0.505 e. The molecule has 0 aromatic rings. The molecule has 0 saturated heterocycles. The standard InChI is InChI=1S/C11H19NO5/c1-11(2,6-7-16-5)8(9(13)14)17-10(15)12(3)4/h6-8H,1-5H3,(H,13,14)/b7-6+. The number of rotatable bonds is 5. The first-order valence-electron chi connectivity index (χ1n) is 5.03. The summed E-state index contributed by atoms with van der Waals surface area (Å²) in [6.07, 6.45) is 0.925. The molecule has 0 aromatic carbocycles. The summed E-state index contributed by atoms with van der Waals surface area (Å²) >= 11 is 0. The Morgan fingerprint density at radius 2 is 1.88 bits per heavy atom. The zero-order chi connectivity index (χ0) is 13.6. The van der Waals surface area contributed by atoms with Crippen molar-refractivity contribution in [3.63, 3.8) is 0 Å². The van der Waals surface area contributed by atoms with Crippen molar-refractivity contribution in [1.29, 1.82) is 0 Å². The maximum Gasteiger partial charge on any atom is 0.410 e. The molecule has 1 amide bonds. The minimum absolute atomic E-state index is 0.698. The first kappa shape index (κ1) is 15.3. The Kier molecular flexibility index (Phi) is 5.50. The van der Waals surface area contributed by atoms with E-state index in [1.165, 1.54) is 38.4 Å². The van der Waals surface area contributed by atoms with E-state index in [4.69, 9.17) is 14.6 Å². The number of aliphatic carboxylic acids is 1. The van der Waals surface area contributed by atoms with E-state index < -0.39 is 23.6 Å². The molecule has 1 atom stereocenters. The van der Waals surface area contributed by atoms with Crippen molar-refractivity contribution >= 4 is 12.1 Å². The molecular formula is C11H19NO5. The number of amides is 1. The Morgan fingerprint density at radius 3 is 2.24 bits per heavy atom. The average molecular weight is 245 g/mol. The van der Waals surface area contributed by atoms with E-state index in [1.807, 2.05) is 0 Å². The monoisotopic (exact) mass is 245 g/mol. The van der Waals surface area contributed by atoms with Gasteiger partial charge in [-0.2, -0.15) is 0 Å². The minimum atomic E-state index is -1.27. The number of methoxy groups -OCH3 is 1. The van der Waals surface area contributed by atoms with Crippen molar-refractivity contribution in [3.05, 3.63) is 12.3 Å². The summed E-state index contributed by atoms with van der Waals surface area (Å²) in [5.74, 6) is -1.20. The van der Waals surface area contributed by atoms with Gasteiger partial charge in [0.25, 0.3) is 0 Å². The normalized spacial score (nSPS) is 13.2. The molecule has 0 bridgehead atoms. The lowest BCUT2D eigenvalue weighted by molar-refractivity contribution is -0.152. The van der Waals surface area contributed by atoms with Crippen LogP contribution in [-0.2, 0) is 14.3 Å². The predicted octanol–water partition coefficient (Wildman–Crippen LogP) is 1.32. The number of hydrogen-bond donors (Lipinski definition) is 1. The molecule has 0 spiro atoms. The summed E-state index contributed by atoms with van der Waals surface area (Å²) in [6.45, 7) is 3.29. The summed E-state index contributed by atoms with van der Waals surface area (Å²) < 4.78 is 9.65. The summed E-state index contributed by atoms with van der Waals surface area (Å²) in [6, 6.07) is 0. The van der Waals surface area contributed by atoms with Crippen LogP contribution >= 0.6 is 0 Å². The van der Waals surface area contributed by atoms with Gasteiger partial charge in [0.05, 0.1) is 13.4 Å². The van der Waals surface area contributed by atoms with Crippen LogP contribution in [0.15, 0.2) is 12.3 Å². The Bertz CT molecular complexity index is 309. The van der Waals surface area contributed by atoms with Crippen molar-refractivity contribution in [2.24, 2.45) is 5.41 Å². The van der Waals surface area contributed by atoms with Crippen LogP contribution < -0.4 is 0 Å². The fourth-order valence-corrected chi connectivity index (χ4v) is 1.06. The molecule has 0 aliphatic carbocycles. The van der Waals surface area contributed by atoms with Crippen molar-refractivity contribution in [1.82, 2.24) is 4.90 Å². The van der Waals surface area contributed by atoms with Crippen LogP contribution in [0.1, 0.15) is 13.8 Å². The lowest BCUT2D eigenvalue weighted by atomic mass is 9.86. The van der Waals surface area contributed by atoms with E-state index in [9.17, 15) is 9.59 Å². The number of carboxylic acid groups (broad SMARTS) is 1. The SMILES string of the molecule is CO/C=C/C(C)(C)C(OC(=O)N(C)C)C(=O)O. The zero-order valence-corrected chi connectivity index (χ0v) is 10.8. The number of ether oxygens (including phenoxy) is 2. The summed E-state index contributed by atoms with van der Waals surface area (Å²) in [5, 5.41) is 9.07. The smallest absolute Gasteiger partial charge is 0.410 e. The minimum Gasteiger partial charge on any atom is -0.505 e. The molecule has 0 saturated carbocycles. The second kappa shape index (κ2) is 6.12. The van der Waals surface area contributed by atoms with Crippen LogP contribution in [0.25, 0.3) is 0 Å². The van der Waals surface area contributed by atoms with Gasteiger partial charge >= 0.3 is 12.1 Å². The third-order valence-corrected chi connectivity index (χ3v) is 2.12. The molecule has 0 radical (unpaired) electrons. The van der Waals surface area contributed by atoms with Crippen LogP contribution in [0.2, 0.25) is 0 Å². The maximum absolute atomic E-state index is 11.4. The highest BCUT2D eigenvalue weighted by molar-refractivity contribution is 5.78. The van der Waals surface area contributed by atoms with Gasteiger partial charge in [-0.1, -0.05) is 13.8 Å². The lowest BCUT2D eigenvalue weighted by Gasteiger charge is -2.28. The molecular weight excluding hydrogens is 226 g/mol. The van der Waals surface area contributed by atoms with Crippen LogP contribution in [0.4, 0.5) is 4.79 Å². The molecule has 98 valence electrons. The highest BCUT2D eigenvalue weighted by Gasteiger charge is 2.37. The van der Waals surface area contributed by atoms with Crippen LogP contribution in [-0.4, -0.2) is 49.4 Å². The fraction of sp³-hybridized carbons (Fsp3) is 0.636. The summed E-state index contributed by atoms with van der Waals surface area (Å²) in [4.78, 5) is 23.6. The van der Waals surface area contributed by atoms with E-state index in [1.54, 1.807) is 13.8 Å². The second-order valence-corrected chi connectivity index (χ2v) is 4.36. The number of nitrogens with zero attached hydrogens (tertiary/aromatic N) is 1. The first-order valence-corrected chi connectivity index (χ1v) is 5.03. The van der Waals surface area contributed by atoms with Gasteiger partial charge < -0.3 is 19.5 Å². The van der Waals surface area contributed by atoms with Crippen LogP contribution in [0.3, 0.4) is 0 Å². The third kappa shape index (κ3) is 4.76. The van der Waals surface area contributed by atoms with E-state index in [-0.39, 0.29) is 0 Å². The molecule has 0 aliphatic rings. The third-order valence-electron chi connectivity index (χ3n) is 2.12. The number of carbonyl (C=O) groups is 2. The molecule has 0 heterocycles. The predicted molar refractivity (Wildman–Crippen MR) is 61.5 cm³/mol. The van der Waals surface area contributed by atoms with Crippen molar-refractivity contribution in [3.8, 4) is 0 Å². The van der Waals surface area contributed by atoms with Gasteiger partial charge in [-0.25, -0.2) is 9.59 Å².